The highest BCUT2D eigenvalue weighted by atomic mass is 16.6. The van der Waals surface area contributed by atoms with Crippen molar-refractivity contribution in [3.8, 4) is 0 Å². The van der Waals surface area contributed by atoms with Gasteiger partial charge in [0.05, 0.1) is 12.0 Å². The van der Waals surface area contributed by atoms with Crippen molar-refractivity contribution < 1.29 is 24.0 Å². The SMILES string of the molecule is COC(=O)C(c1ccc([N+](=O)[O-])cc1)N1CCN(C(=O)OC(C)(C)C)CC1. The first-order valence-electron chi connectivity index (χ1n) is 8.66. The molecule has 0 aromatic heterocycles. The molecular formula is C18H25N3O6. The number of amides is 1. The van der Waals surface area contributed by atoms with Crippen LogP contribution in [0.3, 0.4) is 0 Å². The number of nitro benzene ring substituents is 1. The number of methoxy groups -OCH3 is 1. The second kappa shape index (κ2) is 8.34. The zero-order valence-electron chi connectivity index (χ0n) is 16.0. The van der Waals surface area contributed by atoms with Gasteiger partial charge in [-0.2, -0.15) is 0 Å². The number of nitrogens with zero attached hydrogens (tertiary/aromatic N) is 3. The predicted octanol–water partition coefficient (Wildman–Crippen LogP) is 2.36. The highest BCUT2D eigenvalue weighted by Gasteiger charge is 2.33. The van der Waals surface area contributed by atoms with E-state index in [1.165, 1.54) is 19.2 Å². The number of esters is 1. The largest absolute Gasteiger partial charge is 0.468 e. The van der Waals surface area contributed by atoms with Crippen molar-refractivity contribution in [1.82, 2.24) is 9.80 Å². The maximum atomic E-state index is 12.3. The first-order valence-corrected chi connectivity index (χ1v) is 8.66. The average molecular weight is 379 g/mol. The first-order chi connectivity index (χ1) is 12.6. The van der Waals surface area contributed by atoms with Gasteiger partial charge in [0.1, 0.15) is 11.6 Å². The van der Waals surface area contributed by atoms with E-state index in [1.54, 1.807) is 17.0 Å². The van der Waals surface area contributed by atoms with Crippen LogP contribution < -0.4 is 0 Å². The Balaban J connectivity index is 2.10. The molecule has 1 aliphatic heterocycles. The number of piperazine rings is 1. The van der Waals surface area contributed by atoms with E-state index in [9.17, 15) is 19.7 Å². The Labute approximate surface area is 158 Å². The van der Waals surface area contributed by atoms with Gasteiger partial charge in [-0.1, -0.05) is 12.1 Å². The molecule has 148 valence electrons. The Kier molecular flexibility index (Phi) is 6.37. The number of non-ortho nitro benzene ring substituents is 1. The van der Waals surface area contributed by atoms with Crippen molar-refractivity contribution in [2.24, 2.45) is 0 Å². The second-order valence-electron chi connectivity index (χ2n) is 7.28. The number of ether oxygens (including phenoxy) is 2. The van der Waals surface area contributed by atoms with E-state index in [4.69, 9.17) is 9.47 Å². The van der Waals surface area contributed by atoms with Gasteiger partial charge in [0.25, 0.3) is 5.69 Å². The van der Waals surface area contributed by atoms with E-state index in [2.05, 4.69) is 0 Å². The van der Waals surface area contributed by atoms with E-state index in [0.29, 0.717) is 31.7 Å². The number of rotatable bonds is 4. The van der Waals surface area contributed by atoms with E-state index < -0.39 is 22.5 Å². The highest BCUT2D eigenvalue weighted by molar-refractivity contribution is 5.77. The van der Waals surface area contributed by atoms with Crippen molar-refractivity contribution in [2.75, 3.05) is 33.3 Å². The lowest BCUT2D eigenvalue weighted by Crippen LogP contribution is -2.52. The lowest BCUT2D eigenvalue weighted by atomic mass is 10.0. The van der Waals surface area contributed by atoms with Gasteiger partial charge in [-0.25, -0.2) is 9.59 Å². The molecule has 0 N–H and O–H groups in total. The average Bonchev–Trinajstić information content (AvgIpc) is 2.61. The molecule has 0 radical (unpaired) electrons. The Morgan fingerprint density at radius 2 is 1.67 bits per heavy atom. The van der Waals surface area contributed by atoms with Crippen LogP contribution in [0.1, 0.15) is 32.4 Å². The molecule has 1 aromatic carbocycles. The van der Waals surface area contributed by atoms with E-state index in [0.717, 1.165) is 0 Å². The summed E-state index contributed by atoms with van der Waals surface area (Å²) in [5.74, 6) is -0.449. The van der Waals surface area contributed by atoms with Gasteiger partial charge < -0.3 is 14.4 Å². The number of carbonyl (C=O) groups excluding carboxylic acids is 2. The van der Waals surface area contributed by atoms with Crippen LogP contribution in [0.25, 0.3) is 0 Å². The van der Waals surface area contributed by atoms with Crippen LogP contribution in [0.4, 0.5) is 10.5 Å². The minimum absolute atomic E-state index is 0.0443. The summed E-state index contributed by atoms with van der Waals surface area (Å²) in [5, 5.41) is 10.8. The zero-order valence-corrected chi connectivity index (χ0v) is 16.0. The standard InChI is InChI=1S/C18H25N3O6/c1-18(2,3)27-17(23)20-11-9-19(10-12-20)15(16(22)26-4)13-5-7-14(8-6-13)21(24)25/h5-8,15H,9-12H2,1-4H3. The first kappa shape index (κ1) is 20.6. The van der Waals surface area contributed by atoms with E-state index >= 15 is 0 Å². The quantitative estimate of drug-likeness (QED) is 0.449. The molecule has 1 fully saturated rings. The van der Waals surface area contributed by atoms with Crippen molar-refractivity contribution in [3.05, 3.63) is 39.9 Å². The summed E-state index contributed by atoms with van der Waals surface area (Å²) in [5.41, 5.74) is -0.00286. The van der Waals surface area contributed by atoms with Gasteiger partial charge in [0, 0.05) is 38.3 Å². The summed E-state index contributed by atoms with van der Waals surface area (Å²) in [6, 6.07) is 5.15. The summed E-state index contributed by atoms with van der Waals surface area (Å²) >= 11 is 0. The summed E-state index contributed by atoms with van der Waals surface area (Å²) < 4.78 is 10.3. The van der Waals surface area contributed by atoms with Gasteiger partial charge in [-0.15, -0.1) is 0 Å². The van der Waals surface area contributed by atoms with Crippen molar-refractivity contribution >= 4 is 17.7 Å². The van der Waals surface area contributed by atoms with Crippen LogP contribution in [0, 0.1) is 10.1 Å². The zero-order chi connectivity index (χ0) is 20.2. The third-order valence-electron chi connectivity index (χ3n) is 4.18. The van der Waals surface area contributed by atoms with E-state index in [-0.39, 0.29) is 11.8 Å². The Morgan fingerprint density at radius 1 is 1.11 bits per heavy atom. The monoisotopic (exact) mass is 379 g/mol. The van der Waals surface area contributed by atoms with Gasteiger partial charge >= 0.3 is 12.1 Å². The Bertz CT molecular complexity index is 690. The molecule has 2 rings (SSSR count). The normalized spacial score (nSPS) is 16.5. The summed E-state index contributed by atoms with van der Waals surface area (Å²) in [4.78, 5) is 38.3. The van der Waals surface area contributed by atoms with Gasteiger partial charge in [0.2, 0.25) is 0 Å². The molecule has 0 saturated carbocycles. The van der Waals surface area contributed by atoms with Gasteiger partial charge in [-0.3, -0.25) is 15.0 Å². The molecule has 0 bridgehead atoms. The summed E-state index contributed by atoms with van der Waals surface area (Å²) in [6.07, 6.45) is -0.382. The molecule has 1 aliphatic rings. The molecule has 1 heterocycles. The number of hydrogen-bond donors (Lipinski definition) is 0. The minimum atomic E-state index is -0.684. The topological polar surface area (TPSA) is 102 Å². The molecule has 1 atom stereocenters. The fourth-order valence-corrected chi connectivity index (χ4v) is 2.88. The van der Waals surface area contributed by atoms with Gasteiger partial charge in [0.15, 0.2) is 0 Å². The Hall–Kier alpha value is -2.68. The molecule has 0 spiro atoms. The minimum Gasteiger partial charge on any atom is -0.468 e. The second-order valence-corrected chi connectivity index (χ2v) is 7.28. The smallest absolute Gasteiger partial charge is 0.410 e. The maximum absolute atomic E-state index is 12.3. The van der Waals surface area contributed by atoms with E-state index in [1.807, 2.05) is 25.7 Å². The molecule has 1 amide bonds. The molecule has 9 heteroatoms. The molecule has 0 aliphatic carbocycles. The third-order valence-corrected chi connectivity index (χ3v) is 4.18. The van der Waals surface area contributed by atoms with Crippen molar-refractivity contribution in [2.45, 2.75) is 32.4 Å². The van der Waals surface area contributed by atoms with Crippen LogP contribution in [-0.2, 0) is 14.3 Å². The fourth-order valence-electron chi connectivity index (χ4n) is 2.88. The van der Waals surface area contributed by atoms with Crippen LogP contribution in [0.5, 0.6) is 0 Å². The number of benzene rings is 1. The predicted molar refractivity (Wildman–Crippen MR) is 97.2 cm³/mol. The summed E-state index contributed by atoms with van der Waals surface area (Å²) in [7, 11) is 1.30. The van der Waals surface area contributed by atoms with Crippen molar-refractivity contribution in [3.63, 3.8) is 0 Å². The number of nitro groups is 1. The van der Waals surface area contributed by atoms with Crippen molar-refractivity contribution in [1.29, 1.82) is 0 Å². The van der Waals surface area contributed by atoms with Crippen LogP contribution in [-0.4, -0.2) is 65.7 Å². The fraction of sp³-hybridized carbons (Fsp3) is 0.556. The molecular weight excluding hydrogens is 354 g/mol. The number of hydrogen-bond acceptors (Lipinski definition) is 7. The molecule has 27 heavy (non-hydrogen) atoms. The highest BCUT2D eigenvalue weighted by Crippen LogP contribution is 2.26. The maximum Gasteiger partial charge on any atom is 0.410 e. The molecule has 9 nitrogen and oxygen atoms in total. The summed E-state index contributed by atoms with van der Waals surface area (Å²) in [6.45, 7) is 7.16. The van der Waals surface area contributed by atoms with Crippen LogP contribution in [0.15, 0.2) is 24.3 Å². The molecule has 1 aromatic rings. The lowest BCUT2D eigenvalue weighted by molar-refractivity contribution is -0.384. The molecule has 1 unspecified atom stereocenters. The lowest BCUT2D eigenvalue weighted by Gasteiger charge is -2.38. The molecule has 1 saturated heterocycles. The van der Waals surface area contributed by atoms with Gasteiger partial charge in [-0.05, 0) is 26.3 Å². The number of carbonyl (C=O) groups is 2. The van der Waals surface area contributed by atoms with Crippen LogP contribution in [0.2, 0.25) is 0 Å². The Morgan fingerprint density at radius 3 is 2.11 bits per heavy atom. The van der Waals surface area contributed by atoms with Crippen LogP contribution >= 0.6 is 0 Å². The third kappa shape index (κ3) is 5.40.